The van der Waals surface area contributed by atoms with Crippen LogP contribution in [0.1, 0.15) is 18.4 Å². The van der Waals surface area contributed by atoms with Crippen molar-refractivity contribution in [1.82, 2.24) is 0 Å². The summed E-state index contributed by atoms with van der Waals surface area (Å²) in [6.45, 7) is 1.58. The molecule has 0 fully saturated rings. The molecule has 0 saturated carbocycles. The zero-order valence-corrected chi connectivity index (χ0v) is 12.0. The molecule has 1 N–H and O–H groups in total. The van der Waals surface area contributed by atoms with E-state index in [4.69, 9.17) is 4.74 Å². The van der Waals surface area contributed by atoms with Crippen molar-refractivity contribution < 1.29 is 19.0 Å². The van der Waals surface area contributed by atoms with Crippen LogP contribution in [0, 0.1) is 5.82 Å². The van der Waals surface area contributed by atoms with Crippen molar-refractivity contribution in [3.05, 3.63) is 65.7 Å². The summed E-state index contributed by atoms with van der Waals surface area (Å²) >= 11 is 0. The number of allylic oxidation sites excluding steroid dienone is 1. The van der Waals surface area contributed by atoms with Crippen LogP contribution in [-0.4, -0.2) is 17.5 Å². The van der Waals surface area contributed by atoms with Gasteiger partial charge >= 0.3 is 0 Å². The lowest BCUT2D eigenvalue weighted by Crippen LogP contribution is -2.18. The summed E-state index contributed by atoms with van der Waals surface area (Å²) < 4.78 is 19.2. The Bertz CT molecular complexity index is 750. The van der Waals surface area contributed by atoms with Crippen molar-refractivity contribution in [3.63, 3.8) is 0 Å². The van der Waals surface area contributed by atoms with Crippen LogP contribution < -0.4 is 4.74 Å². The Hall–Kier alpha value is -2.46. The molecule has 0 aromatic heterocycles. The monoisotopic (exact) mass is 298 g/mol. The van der Waals surface area contributed by atoms with E-state index in [2.05, 4.69) is 0 Å². The van der Waals surface area contributed by atoms with E-state index in [-0.39, 0.29) is 5.82 Å². The van der Waals surface area contributed by atoms with E-state index in [9.17, 15) is 14.3 Å². The summed E-state index contributed by atoms with van der Waals surface area (Å²) in [4.78, 5) is 11.5. The molecule has 0 spiro atoms. The molecule has 0 bridgehead atoms. The second kappa shape index (κ2) is 5.73. The fourth-order valence-electron chi connectivity index (χ4n) is 2.64. The molecule has 1 aliphatic rings. The van der Waals surface area contributed by atoms with Crippen molar-refractivity contribution in [3.8, 4) is 16.9 Å². The molecule has 1 aliphatic heterocycles. The molecule has 0 saturated heterocycles. The summed E-state index contributed by atoms with van der Waals surface area (Å²) in [5, 5.41) is 9.68. The van der Waals surface area contributed by atoms with Crippen LogP contribution in [0.15, 0.2) is 54.3 Å². The van der Waals surface area contributed by atoms with E-state index in [1.54, 1.807) is 37.3 Å². The molecule has 3 nitrogen and oxygen atoms in total. The highest BCUT2D eigenvalue weighted by atomic mass is 19.1. The van der Waals surface area contributed by atoms with Gasteiger partial charge in [0.25, 0.3) is 0 Å². The summed E-state index contributed by atoms with van der Waals surface area (Å²) in [7, 11) is 0. The van der Waals surface area contributed by atoms with Gasteiger partial charge in [-0.2, -0.15) is 0 Å². The first-order valence-electron chi connectivity index (χ1n) is 7.02. The zero-order chi connectivity index (χ0) is 15.7. The minimum absolute atomic E-state index is 0.338. The van der Waals surface area contributed by atoms with Gasteiger partial charge in [-0.1, -0.05) is 24.3 Å². The van der Waals surface area contributed by atoms with Gasteiger partial charge < -0.3 is 14.6 Å². The minimum Gasteiger partial charge on any atom is -0.459 e. The van der Waals surface area contributed by atoms with Crippen LogP contribution in [0.5, 0.6) is 5.75 Å². The number of fused-ring (bicyclic) bond motifs is 1. The first-order chi connectivity index (χ1) is 10.6. The first-order valence-corrected chi connectivity index (χ1v) is 7.02. The number of halogens is 1. The number of benzene rings is 2. The van der Waals surface area contributed by atoms with Gasteiger partial charge in [-0.05, 0) is 42.3 Å². The Morgan fingerprint density at radius 2 is 2.05 bits per heavy atom. The Balaban J connectivity index is 2.16. The molecule has 0 aliphatic carbocycles. The van der Waals surface area contributed by atoms with E-state index in [0.29, 0.717) is 22.6 Å². The predicted octanol–water partition coefficient (Wildman–Crippen LogP) is 3.43. The largest absolute Gasteiger partial charge is 0.459 e. The third-order valence-corrected chi connectivity index (χ3v) is 3.67. The van der Waals surface area contributed by atoms with E-state index >= 15 is 0 Å². The molecule has 0 amide bonds. The quantitative estimate of drug-likeness (QED) is 0.883. The van der Waals surface area contributed by atoms with Crippen LogP contribution in [0.2, 0.25) is 0 Å². The molecule has 2 aromatic carbocycles. The number of aliphatic hydroxyl groups is 1. The number of hydrogen-bond acceptors (Lipinski definition) is 3. The first kappa shape index (κ1) is 14.5. The van der Waals surface area contributed by atoms with Crippen molar-refractivity contribution in [2.24, 2.45) is 0 Å². The molecule has 1 heterocycles. The topological polar surface area (TPSA) is 46.5 Å². The number of carbonyl (C=O) groups excluding carboxylic acids is 1. The number of aldehydes is 1. The molecule has 2 aromatic rings. The summed E-state index contributed by atoms with van der Waals surface area (Å²) in [6, 6.07) is 11.6. The lowest BCUT2D eigenvalue weighted by molar-refractivity contribution is -0.108. The Labute approximate surface area is 127 Å². The average Bonchev–Trinajstić information content (AvgIpc) is 2.53. The summed E-state index contributed by atoms with van der Waals surface area (Å²) in [5.41, 5.74) is 2.11. The maximum atomic E-state index is 13.5. The van der Waals surface area contributed by atoms with Gasteiger partial charge in [-0.15, -0.1) is 0 Å². The molecule has 2 atom stereocenters. The highest BCUT2D eigenvalue weighted by Gasteiger charge is 2.26. The van der Waals surface area contributed by atoms with Crippen LogP contribution in [0.4, 0.5) is 4.39 Å². The smallest absolute Gasteiger partial charge is 0.131 e. The molecular formula is C18H15FO3. The third-order valence-electron chi connectivity index (χ3n) is 3.67. The molecule has 22 heavy (non-hydrogen) atoms. The Kier molecular flexibility index (Phi) is 3.77. The van der Waals surface area contributed by atoms with Gasteiger partial charge in [0.2, 0.25) is 0 Å². The number of carbonyl (C=O) groups is 1. The van der Waals surface area contributed by atoms with Crippen molar-refractivity contribution >= 4 is 6.29 Å². The van der Waals surface area contributed by atoms with Crippen LogP contribution in [0.25, 0.3) is 11.1 Å². The SMILES string of the molecule is CC(O)C1=C[C@H](C=O)c2c(cccc2-c2cccc(F)c2)O1. The Morgan fingerprint density at radius 3 is 2.73 bits per heavy atom. The van der Waals surface area contributed by atoms with Crippen molar-refractivity contribution in [2.45, 2.75) is 18.9 Å². The van der Waals surface area contributed by atoms with E-state index in [0.717, 1.165) is 11.8 Å². The van der Waals surface area contributed by atoms with Gasteiger partial charge in [0.15, 0.2) is 0 Å². The molecule has 1 unspecified atom stereocenters. The predicted molar refractivity (Wildman–Crippen MR) is 81.0 cm³/mol. The van der Waals surface area contributed by atoms with Gasteiger partial charge in [-0.3, -0.25) is 0 Å². The highest BCUT2D eigenvalue weighted by Crippen LogP contribution is 2.40. The molecule has 0 radical (unpaired) electrons. The van der Waals surface area contributed by atoms with Crippen LogP contribution in [0.3, 0.4) is 0 Å². The van der Waals surface area contributed by atoms with E-state index in [1.807, 2.05) is 6.07 Å². The summed E-state index contributed by atoms with van der Waals surface area (Å²) in [6.07, 6.45) is 1.60. The van der Waals surface area contributed by atoms with E-state index in [1.165, 1.54) is 12.1 Å². The highest BCUT2D eigenvalue weighted by molar-refractivity contribution is 5.79. The normalized spacial score (nSPS) is 18.0. The number of ether oxygens (including phenoxy) is 1. The standard InChI is InChI=1S/C18H15FO3/c1-11(21)17-9-13(10-20)18-15(6-3-7-16(18)22-17)12-4-2-5-14(19)8-12/h2-11,13,21H,1H3/t11?,13-/m1/s1. The molecule has 3 rings (SSSR count). The van der Waals surface area contributed by atoms with Gasteiger partial charge in [0.05, 0.1) is 5.92 Å². The number of aliphatic hydroxyl groups excluding tert-OH is 1. The van der Waals surface area contributed by atoms with Gasteiger partial charge in [0.1, 0.15) is 29.7 Å². The lowest BCUT2D eigenvalue weighted by Gasteiger charge is -2.25. The van der Waals surface area contributed by atoms with Crippen molar-refractivity contribution in [1.29, 1.82) is 0 Å². The second-order valence-corrected chi connectivity index (χ2v) is 5.24. The maximum Gasteiger partial charge on any atom is 0.131 e. The van der Waals surface area contributed by atoms with Gasteiger partial charge in [0, 0.05) is 5.56 Å². The molecule has 112 valence electrons. The van der Waals surface area contributed by atoms with Crippen LogP contribution >= 0.6 is 0 Å². The van der Waals surface area contributed by atoms with Crippen LogP contribution in [-0.2, 0) is 4.79 Å². The third kappa shape index (κ3) is 2.53. The fraction of sp³-hybridized carbons (Fsp3) is 0.167. The number of rotatable bonds is 3. The zero-order valence-electron chi connectivity index (χ0n) is 12.0. The number of hydrogen-bond donors (Lipinski definition) is 1. The second-order valence-electron chi connectivity index (χ2n) is 5.24. The van der Waals surface area contributed by atoms with E-state index < -0.39 is 12.0 Å². The molecular weight excluding hydrogens is 283 g/mol. The minimum atomic E-state index is -0.798. The van der Waals surface area contributed by atoms with Gasteiger partial charge in [-0.25, -0.2) is 4.39 Å². The maximum absolute atomic E-state index is 13.5. The fourth-order valence-corrected chi connectivity index (χ4v) is 2.64. The Morgan fingerprint density at radius 1 is 1.27 bits per heavy atom. The van der Waals surface area contributed by atoms with Crippen molar-refractivity contribution in [2.75, 3.05) is 0 Å². The average molecular weight is 298 g/mol. The molecule has 4 heteroatoms. The summed E-state index contributed by atoms with van der Waals surface area (Å²) in [5.74, 6) is -0.0132. The lowest BCUT2D eigenvalue weighted by atomic mass is 9.88.